The highest BCUT2D eigenvalue weighted by atomic mass is 16.3. The molecule has 0 saturated heterocycles. The van der Waals surface area contributed by atoms with Crippen molar-refractivity contribution in [3.8, 4) is 0 Å². The van der Waals surface area contributed by atoms with Crippen molar-refractivity contribution in [1.29, 1.82) is 0 Å². The minimum Gasteiger partial charge on any atom is -0.468 e. The van der Waals surface area contributed by atoms with E-state index in [0.717, 1.165) is 38.5 Å². The summed E-state index contributed by atoms with van der Waals surface area (Å²) in [7, 11) is 6.36. The van der Waals surface area contributed by atoms with Crippen LogP contribution in [0.4, 0.5) is 0 Å². The van der Waals surface area contributed by atoms with E-state index in [-0.39, 0.29) is 0 Å². The number of rotatable bonds is 9. The predicted octanol–water partition coefficient (Wildman–Crippen LogP) is 1.77. The average Bonchev–Trinajstić information content (AvgIpc) is 2.73. The fraction of sp³-hybridized carbons (Fsp3) is 0.714. The van der Waals surface area contributed by atoms with E-state index in [9.17, 15) is 0 Å². The van der Waals surface area contributed by atoms with Crippen LogP contribution in [0.15, 0.2) is 16.7 Å². The van der Waals surface area contributed by atoms with Gasteiger partial charge in [-0.25, -0.2) is 0 Å². The van der Waals surface area contributed by atoms with Crippen LogP contribution in [0, 0.1) is 0 Å². The maximum absolute atomic E-state index is 5.57. The van der Waals surface area contributed by atoms with Crippen molar-refractivity contribution in [2.45, 2.75) is 26.4 Å². The van der Waals surface area contributed by atoms with Crippen molar-refractivity contribution in [2.24, 2.45) is 0 Å². The maximum Gasteiger partial charge on any atom is 0.118 e. The molecule has 0 fully saturated rings. The summed E-state index contributed by atoms with van der Waals surface area (Å²) in [5.41, 5.74) is 1.23. The Hall–Kier alpha value is -0.840. The van der Waals surface area contributed by atoms with E-state index in [4.69, 9.17) is 4.42 Å². The molecule has 0 spiro atoms. The van der Waals surface area contributed by atoms with E-state index >= 15 is 0 Å². The number of nitrogens with zero attached hydrogens (tertiary/aromatic N) is 2. The Balaban J connectivity index is 2.26. The summed E-state index contributed by atoms with van der Waals surface area (Å²) in [6, 6.07) is 2.14. The molecule has 1 N–H and O–H groups in total. The third-order valence-electron chi connectivity index (χ3n) is 2.86. The normalized spacial score (nSPS) is 11.7. The zero-order valence-corrected chi connectivity index (χ0v) is 12.2. The van der Waals surface area contributed by atoms with Crippen molar-refractivity contribution in [3.05, 3.63) is 23.7 Å². The first-order valence-electron chi connectivity index (χ1n) is 6.72. The van der Waals surface area contributed by atoms with Crippen LogP contribution in [-0.2, 0) is 13.1 Å². The second-order valence-electron chi connectivity index (χ2n) is 5.10. The molecule has 4 heteroatoms. The SMILES string of the molecule is CCNCc1coc(CN(C)CCCN(C)C)c1. The molecule has 18 heavy (non-hydrogen) atoms. The van der Waals surface area contributed by atoms with Gasteiger partial charge in [-0.15, -0.1) is 0 Å². The topological polar surface area (TPSA) is 31.7 Å². The maximum atomic E-state index is 5.57. The van der Waals surface area contributed by atoms with Gasteiger partial charge in [0.2, 0.25) is 0 Å². The summed E-state index contributed by atoms with van der Waals surface area (Å²) in [5.74, 6) is 1.05. The number of hydrogen-bond acceptors (Lipinski definition) is 4. The smallest absolute Gasteiger partial charge is 0.118 e. The highest BCUT2D eigenvalue weighted by molar-refractivity contribution is 5.12. The van der Waals surface area contributed by atoms with Crippen LogP contribution in [0.3, 0.4) is 0 Å². The lowest BCUT2D eigenvalue weighted by Crippen LogP contribution is -2.23. The van der Waals surface area contributed by atoms with E-state index in [1.54, 1.807) is 0 Å². The van der Waals surface area contributed by atoms with E-state index in [1.807, 2.05) is 6.26 Å². The molecule has 104 valence electrons. The predicted molar refractivity (Wildman–Crippen MR) is 75.6 cm³/mol. The molecule has 0 saturated carbocycles. The summed E-state index contributed by atoms with van der Waals surface area (Å²) >= 11 is 0. The summed E-state index contributed by atoms with van der Waals surface area (Å²) in [4.78, 5) is 4.52. The van der Waals surface area contributed by atoms with E-state index in [2.05, 4.69) is 49.2 Å². The van der Waals surface area contributed by atoms with Crippen molar-refractivity contribution >= 4 is 0 Å². The quantitative estimate of drug-likeness (QED) is 0.727. The lowest BCUT2D eigenvalue weighted by atomic mass is 10.3. The molecule has 1 rings (SSSR count). The first kappa shape index (κ1) is 15.2. The zero-order chi connectivity index (χ0) is 13.4. The van der Waals surface area contributed by atoms with Crippen LogP contribution in [-0.4, -0.2) is 50.6 Å². The van der Waals surface area contributed by atoms with Crippen molar-refractivity contribution < 1.29 is 4.42 Å². The molecular formula is C14H27N3O. The summed E-state index contributed by atoms with van der Waals surface area (Å²) in [5, 5.41) is 3.30. The number of hydrogen-bond donors (Lipinski definition) is 1. The van der Waals surface area contributed by atoms with Gasteiger partial charge in [0.15, 0.2) is 0 Å². The van der Waals surface area contributed by atoms with E-state index < -0.39 is 0 Å². The Kier molecular flexibility index (Phi) is 7.01. The van der Waals surface area contributed by atoms with Crippen molar-refractivity contribution in [3.63, 3.8) is 0 Å². The third-order valence-corrected chi connectivity index (χ3v) is 2.86. The van der Waals surface area contributed by atoms with Gasteiger partial charge < -0.3 is 14.6 Å². The molecule has 0 aliphatic rings. The van der Waals surface area contributed by atoms with Gasteiger partial charge in [-0.1, -0.05) is 6.92 Å². The first-order chi connectivity index (χ1) is 8.61. The van der Waals surface area contributed by atoms with Gasteiger partial charge in [0.05, 0.1) is 12.8 Å². The van der Waals surface area contributed by atoms with Crippen LogP contribution in [0.1, 0.15) is 24.7 Å². The molecule has 0 atom stereocenters. The molecule has 1 heterocycles. The molecule has 0 aliphatic carbocycles. The van der Waals surface area contributed by atoms with E-state index in [0.29, 0.717) is 0 Å². The van der Waals surface area contributed by atoms with Crippen LogP contribution in [0.2, 0.25) is 0 Å². The molecule has 0 unspecified atom stereocenters. The van der Waals surface area contributed by atoms with Gasteiger partial charge in [-0.05, 0) is 53.3 Å². The van der Waals surface area contributed by atoms with Crippen LogP contribution in [0.25, 0.3) is 0 Å². The molecule has 4 nitrogen and oxygen atoms in total. The standard InChI is InChI=1S/C14H27N3O/c1-5-15-10-13-9-14(18-12-13)11-17(4)8-6-7-16(2)3/h9,12,15H,5-8,10-11H2,1-4H3. The van der Waals surface area contributed by atoms with Crippen molar-refractivity contribution in [1.82, 2.24) is 15.1 Å². The molecule has 0 aromatic carbocycles. The molecule has 1 aromatic heterocycles. The average molecular weight is 253 g/mol. The fourth-order valence-electron chi connectivity index (χ4n) is 1.87. The van der Waals surface area contributed by atoms with Gasteiger partial charge in [0, 0.05) is 12.1 Å². The van der Waals surface area contributed by atoms with Gasteiger partial charge in [-0.2, -0.15) is 0 Å². The molecule has 0 bridgehead atoms. The Labute approximate surface area is 111 Å². The lowest BCUT2D eigenvalue weighted by Gasteiger charge is -2.16. The third kappa shape index (κ3) is 6.19. The number of furan rings is 1. The van der Waals surface area contributed by atoms with Crippen LogP contribution in [0.5, 0.6) is 0 Å². The van der Waals surface area contributed by atoms with Gasteiger partial charge in [0.1, 0.15) is 5.76 Å². The summed E-state index contributed by atoms with van der Waals surface area (Å²) < 4.78 is 5.57. The lowest BCUT2D eigenvalue weighted by molar-refractivity contribution is 0.273. The second-order valence-corrected chi connectivity index (χ2v) is 5.10. The Bertz CT molecular complexity index is 323. The summed E-state index contributed by atoms with van der Waals surface area (Å²) in [6.45, 7) is 7.12. The largest absolute Gasteiger partial charge is 0.468 e. The highest BCUT2D eigenvalue weighted by Crippen LogP contribution is 2.10. The van der Waals surface area contributed by atoms with E-state index in [1.165, 1.54) is 12.0 Å². The summed E-state index contributed by atoms with van der Waals surface area (Å²) in [6.07, 6.45) is 3.04. The molecular weight excluding hydrogens is 226 g/mol. The van der Waals surface area contributed by atoms with Gasteiger partial charge >= 0.3 is 0 Å². The highest BCUT2D eigenvalue weighted by Gasteiger charge is 2.05. The fourth-order valence-corrected chi connectivity index (χ4v) is 1.87. The molecule has 0 amide bonds. The monoisotopic (exact) mass is 253 g/mol. The first-order valence-corrected chi connectivity index (χ1v) is 6.72. The Morgan fingerprint density at radius 3 is 2.67 bits per heavy atom. The van der Waals surface area contributed by atoms with Crippen LogP contribution < -0.4 is 5.32 Å². The molecule has 0 radical (unpaired) electrons. The minimum atomic E-state index is 0.888. The van der Waals surface area contributed by atoms with Crippen molar-refractivity contribution in [2.75, 3.05) is 40.8 Å². The minimum absolute atomic E-state index is 0.888. The molecule has 1 aromatic rings. The number of nitrogens with one attached hydrogen (secondary N) is 1. The second kappa shape index (κ2) is 8.29. The Morgan fingerprint density at radius 1 is 1.22 bits per heavy atom. The van der Waals surface area contributed by atoms with Gasteiger partial charge in [-0.3, -0.25) is 4.90 Å². The Morgan fingerprint density at radius 2 is 2.00 bits per heavy atom. The van der Waals surface area contributed by atoms with Gasteiger partial charge in [0.25, 0.3) is 0 Å². The van der Waals surface area contributed by atoms with Crippen LogP contribution >= 0.6 is 0 Å². The molecule has 0 aliphatic heterocycles. The zero-order valence-electron chi connectivity index (χ0n) is 12.2.